The second-order valence-corrected chi connectivity index (χ2v) is 3.71. The van der Waals surface area contributed by atoms with E-state index in [-0.39, 0.29) is 11.9 Å². The summed E-state index contributed by atoms with van der Waals surface area (Å²) in [6.45, 7) is 2.47. The number of nitrogens with zero attached hydrogens (tertiary/aromatic N) is 2. The van der Waals surface area contributed by atoms with Gasteiger partial charge in [0.15, 0.2) is 0 Å². The Morgan fingerprint density at radius 1 is 1.56 bits per heavy atom. The zero-order valence-corrected chi connectivity index (χ0v) is 8.95. The Morgan fingerprint density at radius 2 is 2.38 bits per heavy atom. The van der Waals surface area contributed by atoms with Crippen LogP contribution in [0.15, 0.2) is 6.07 Å². The largest absolute Gasteiger partial charge is 0.365 e. The van der Waals surface area contributed by atoms with Crippen LogP contribution in [0.2, 0.25) is 0 Å². The third-order valence-electron chi connectivity index (χ3n) is 2.31. The van der Waals surface area contributed by atoms with Gasteiger partial charge in [0, 0.05) is 24.7 Å². The summed E-state index contributed by atoms with van der Waals surface area (Å²) in [5.74, 6) is 6.33. The van der Waals surface area contributed by atoms with E-state index in [1.54, 1.807) is 0 Å². The predicted molar refractivity (Wildman–Crippen MR) is 59.6 cm³/mol. The lowest BCUT2D eigenvalue weighted by Crippen LogP contribution is -2.23. The van der Waals surface area contributed by atoms with Crippen molar-refractivity contribution in [2.75, 3.05) is 17.3 Å². The van der Waals surface area contributed by atoms with E-state index in [1.807, 2.05) is 13.0 Å². The number of hydrazine groups is 1. The molecule has 1 unspecified atom stereocenters. The summed E-state index contributed by atoms with van der Waals surface area (Å²) < 4.78 is 0. The summed E-state index contributed by atoms with van der Waals surface area (Å²) in [7, 11) is 0. The van der Waals surface area contributed by atoms with Crippen LogP contribution in [0.1, 0.15) is 12.1 Å². The topological polar surface area (TPSA) is 105 Å². The van der Waals surface area contributed by atoms with Crippen molar-refractivity contribution in [1.82, 2.24) is 15.3 Å². The molecule has 7 nitrogen and oxygen atoms in total. The molecule has 1 atom stereocenters. The van der Waals surface area contributed by atoms with E-state index in [2.05, 4.69) is 26.0 Å². The average Bonchev–Trinajstić information content (AvgIpc) is 2.63. The number of nitrogens with one attached hydrogen (secondary N) is 3. The predicted octanol–water partition coefficient (Wildman–Crippen LogP) is -0.629. The zero-order chi connectivity index (χ0) is 11.5. The number of carbonyl (C=O) groups excluding carboxylic acids is 1. The fourth-order valence-corrected chi connectivity index (χ4v) is 1.62. The fourth-order valence-electron chi connectivity index (χ4n) is 1.62. The van der Waals surface area contributed by atoms with Crippen molar-refractivity contribution in [2.45, 2.75) is 19.4 Å². The van der Waals surface area contributed by atoms with Gasteiger partial charge in [-0.25, -0.2) is 10.8 Å². The van der Waals surface area contributed by atoms with Crippen LogP contribution in [-0.2, 0) is 4.79 Å². The van der Waals surface area contributed by atoms with E-state index in [0.29, 0.717) is 24.7 Å². The van der Waals surface area contributed by atoms with Crippen LogP contribution in [0.3, 0.4) is 0 Å². The summed E-state index contributed by atoms with van der Waals surface area (Å²) in [6, 6.07) is 1.89. The minimum atomic E-state index is 0.0560. The molecule has 0 bridgehead atoms. The van der Waals surface area contributed by atoms with Crippen LogP contribution >= 0.6 is 0 Å². The van der Waals surface area contributed by atoms with Gasteiger partial charge in [-0.05, 0) is 6.92 Å². The number of carbonyl (C=O) groups is 1. The third kappa shape index (κ3) is 2.37. The Kier molecular flexibility index (Phi) is 2.86. The highest BCUT2D eigenvalue weighted by molar-refractivity contribution is 5.79. The van der Waals surface area contributed by atoms with Gasteiger partial charge in [0.2, 0.25) is 11.9 Å². The van der Waals surface area contributed by atoms with Crippen molar-refractivity contribution < 1.29 is 4.79 Å². The van der Waals surface area contributed by atoms with E-state index >= 15 is 0 Å². The first-order chi connectivity index (χ1) is 7.67. The van der Waals surface area contributed by atoms with Gasteiger partial charge in [-0.1, -0.05) is 0 Å². The average molecular weight is 222 g/mol. The summed E-state index contributed by atoms with van der Waals surface area (Å²) in [4.78, 5) is 19.2. The molecule has 16 heavy (non-hydrogen) atoms. The van der Waals surface area contributed by atoms with Crippen molar-refractivity contribution in [1.29, 1.82) is 0 Å². The number of hydrogen-bond donors (Lipinski definition) is 4. The Bertz CT molecular complexity index is 407. The van der Waals surface area contributed by atoms with E-state index in [4.69, 9.17) is 5.84 Å². The highest BCUT2D eigenvalue weighted by atomic mass is 16.1. The molecule has 7 heteroatoms. The Labute approximate surface area is 92.8 Å². The Morgan fingerprint density at radius 3 is 3.00 bits per heavy atom. The van der Waals surface area contributed by atoms with E-state index in [9.17, 15) is 4.79 Å². The van der Waals surface area contributed by atoms with Crippen LogP contribution in [0.25, 0.3) is 0 Å². The van der Waals surface area contributed by atoms with Crippen LogP contribution < -0.4 is 21.9 Å². The molecule has 0 aromatic carbocycles. The van der Waals surface area contributed by atoms with Crippen LogP contribution in [0, 0.1) is 6.92 Å². The van der Waals surface area contributed by atoms with Gasteiger partial charge in [-0.2, -0.15) is 4.98 Å². The molecule has 1 aromatic heterocycles. The molecule has 86 valence electrons. The van der Waals surface area contributed by atoms with Crippen LogP contribution in [0.4, 0.5) is 11.8 Å². The van der Waals surface area contributed by atoms with Crippen LogP contribution in [-0.4, -0.2) is 28.5 Å². The Balaban J connectivity index is 2.08. The molecule has 5 N–H and O–H groups in total. The molecule has 1 aliphatic heterocycles. The lowest BCUT2D eigenvalue weighted by atomic mass is 10.2. The molecule has 2 rings (SSSR count). The molecule has 1 aromatic rings. The van der Waals surface area contributed by atoms with Gasteiger partial charge in [-0.3, -0.25) is 10.2 Å². The summed E-state index contributed by atoms with van der Waals surface area (Å²) in [6.07, 6.45) is 0.467. The lowest BCUT2D eigenvalue weighted by molar-refractivity contribution is -0.119. The number of nitrogens with two attached hydrogens (primary N) is 1. The summed E-state index contributed by atoms with van der Waals surface area (Å²) >= 11 is 0. The van der Waals surface area contributed by atoms with Gasteiger partial charge in [0.05, 0.1) is 6.04 Å². The molecule has 1 aliphatic rings. The number of hydrogen-bond acceptors (Lipinski definition) is 6. The molecule has 2 heterocycles. The van der Waals surface area contributed by atoms with Crippen molar-refractivity contribution in [3.05, 3.63) is 11.8 Å². The maximum Gasteiger partial charge on any atom is 0.239 e. The third-order valence-corrected chi connectivity index (χ3v) is 2.31. The van der Waals surface area contributed by atoms with Crippen molar-refractivity contribution in [3.8, 4) is 0 Å². The number of aryl methyl sites for hydroxylation is 1. The molecule has 0 aliphatic carbocycles. The molecule has 0 saturated carbocycles. The molecule has 1 amide bonds. The highest BCUT2D eigenvalue weighted by Gasteiger charge is 2.21. The van der Waals surface area contributed by atoms with E-state index in [1.165, 1.54) is 0 Å². The smallest absolute Gasteiger partial charge is 0.239 e. The van der Waals surface area contributed by atoms with Gasteiger partial charge in [0.1, 0.15) is 5.82 Å². The first-order valence-corrected chi connectivity index (χ1v) is 5.03. The number of amides is 1. The zero-order valence-electron chi connectivity index (χ0n) is 8.95. The van der Waals surface area contributed by atoms with E-state index < -0.39 is 0 Å². The number of rotatable bonds is 3. The lowest BCUT2D eigenvalue weighted by Gasteiger charge is -2.12. The standard InChI is InChI=1S/C9H14N6O/c1-5-2-7(14-9(12-5)15-10)13-6-3-8(16)11-4-6/h2,6H,3-4,10H2,1H3,(H,11,16)(H2,12,13,14,15). The molecule has 1 saturated heterocycles. The number of anilines is 2. The first-order valence-electron chi connectivity index (χ1n) is 5.03. The number of aromatic nitrogens is 2. The number of nitrogen functional groups attached to an aromatic ring is 1. The minimum Gasteiger partial charge on any atom is -0.365 e. The monoisotopic (exact) mass is 222 g/mol. The quantitative estimate of drug-likeness (QED) is 0.401. The second kappa shape index (κ2) is 4.31. The second-order valence-electron chi connectivity index (χ2n) is 3.71. The minimum absolute atomic E-state index is 0.0560. The molecular weight excluding hydrogens is 208 g/mol. The maximum absolute atomic E-state index is 11.0. The van der Waals surface area contributed by atoms with Gasteiger partial charge in [-0.15, -0.1) is 0 Å². The van der Waals surface area contributed by atoms with Crippen molar-refractivity contribution in [3.63, 3.8) is 0 Å². The summed E-state index contributed by atoms with van der Waals surface area (Å²) in [5, 5.41) is 5.90. The van der Waals surface area contributed by atoms with Gasteiger partial charge in [0.25, 0.3) is 0 Å². The van der Waals surface area contributed by atoms with E-state index in [0.717, 1.165) is 5.69 Å². The SMILES string of the molecule is Cc1cc(NC2CNC(=O)C2)nc(NN)n1. The molecule has 1 fully saturated rings. The maximum atomic E-state index is 11.0. The van der Waals surface area contributed by atoms with Crippen molar-refractivity contribution >= 4 is 17.7 Å². The molecular formula is C9H14N6O. The normalized spacial score (nSPS) is 19.4. The Hall–Kier alpha value is -1.89. The highest BCUT2D eigenvalue weighted by Crippen LogP contribution is 2.12. The van der Waals surface area contributed by atoms with Gasteiger partial charge >= 0.3 is 0 Å². The van der Waals surface area contributed by atoms with Crippen LogP contribution in [0.5, 0.6) is 0 Å². The van der Waals surface area contributed by atoms with Crippen molar-refractivity contribution in [2.24, 2.45) is 5.84 Å². The summed E-state index contributed by atoms with van der Waals surface area (Å²) in [5.41, 5.74) is 3.21. The van der Waals surface area contributed by atoms with Gasteiger partial charge < -0.3 is 10.6 Å². The molecule has 0 spiro atoms. The first kappa shape index (κ1) is 10.6. The fraction of sp³-hybridized carbons (Fsp3) is 0.444. The molecule has 0 radical (unpaired) electrons.